The zero-order valence-electron chi connectivity index (χ0n) is 16.2. The van der Waals surface area contributed by atoms with Gasteiger partial charge in [0.15, 0.2) is 0 Å². The molecule has 1 amide bonds. The Morgan fingerprint density at radius 1 is 0.931 bits per heavy atom. The summed E-state index contributed by atoms with van der Waals surface area (Å²) >= 11 is 0. The number of rotatable bonds is 5. The van der Waals surface area contributed by atoms with Crippen molar-refractivity contribution < 1.29 is 4.79 Å². The third kappa shape index (κ3) is 3.94. The molecule has 144 valence electrons. The van der Waals surface area contributed by atoms with Crippen LogP contribution in [0.25, 0.3) is 11.0 Å². The lowest BCUT2D eigenvalue weighted by Crippen LogP contribution is -2.34. The normalized spacial score (nSPS) is 10.8. The number of nitrogens with zero attached hydrogens (tertiary/aromatic N) is 3. The van der Waals surface area contributed by atoms with Crippen LogP contribution in [0.5, 0.6) is 0 Å². The molecule has 0 bridgehead atoms. The number of amides is 1. The van der Waals surface area contributed by atoms with Crippen LogP contribution in [0.1, 0.15) is 21.5 Å². The molecule has 0 N–H and O–H groups in total. The molecular weight excluding hydrogens is 362 g/mol. The van der Waals surface area contributed by atoms with E-state index in [4.69, 9.17) is 0 Å². The first-order valence-corrected chi connectivity index (χ1v) is 9.45. The molecule has 2 aromatic carbocycles. The Hall–Kier alpha value is -3.73. The number of hydrogen-bond donors (Lipinski definition) is 0. The van der Waals surface area contributed by atoms with E-state index in [1.165, 1.54) is 0 Å². The zero-order chi connectivity index (χ0) is 20.2. The number of aromatic nitrogens is 2. The number of carbonyl (C=O) groups excluding carboxylic acids is 1. The Morgan fingerprint density at radius 3 is 2.28 bits per heavy atom. The van der Waals surface area contributed by atoms with Crippen molar-refractivity contribution in [2.45, 2.75) is 13.1 Å². The van der Waals surface area contributed by atoms with Gasteiger partial charge in [-0.15, -0.1) is 0 Å². The molecule has 2 aromatic heterocycles. The van der Waals surface area contributed by atoms with Crippen LogP contribution in [0.3, 0.4) is 0 Å². The largest absolute Gasteiger partial charge is 0.337 e. The van der Waals surface area contributed by atoms with Crippen LogP contribution in [-0.2, 0) is 13.1 Å². The summed E-state index contributed by atoms with van der Waals surface area (Å²) in [5.74, 6) is -0.300. The Balaban J connectivity index is 1.75. The van der Waals surface area contributed by atoms with Crippen molar-refractivity contribution in [1.29, 1.82) is 0 Å². The predicted octanol–water partition coefficient (Wildman–Crippen LogP) is 3.72. The van der Waals surface area contributed by atoms with E-state index < -0.39 is 0 Å². The fourth-order valence-corrected chi connectivity index (χ4v) is 3.41. The molecule has 0 aliphatic heterocycles. The lowest BCUT2D eigenvalue weighted by atomic mass is 10.1. The van der Waals surface area contributed by atoms with Gasteiger partial charge >= 0.3 is 0 Å². The maximum Gasteiger partial charge on any atom is 0.265 e. The summed E-state index contributed by atoms with van der Waals surface area (Å²) in [6.07, 6.45) is 1.66. The van der Waals surface area contributed by atoms with Crippen molar-refractivity contribution in [3.8, 4) is 0 Å². The van der Waals surface area contributed by atoms with Crippen molar-refractivity contribution in [1.82, 2.24) is 14.5 Å². The number of hydrogen-bond acceptors (Lipinski definition) is 3. The van der Waals surface area contributed by atoms with Crippen molar-refractivity contribution in [2.24, 2.45) is 0 Å². The molecule has 0 spiro atoms. The van der Waals surface area contributed by atoms with Gasteiger partial charge in [-0.05, 0) is 29.3 Å². The van der Waals surface area contributed by atoms with Crippen LogP contribution in [-0.4, -0.2) is 27.4 Å². The molecule has 2 heterocycles. The SMILES string of the molecule is CN(Cc1ccccc1)C(=O)c1cc2cccnc2n(Cc2ccccc2)c1=O. The Labute approximate surface area is 168 Å². The number of pyridine rings is 2. The average Bonchev–Trinajstić information content (AvgIpc) is 2.76. The van der Waals surface area contributed by atoms with Crippen molar-refractivity contribution in [2.75, 3.05) is 7.05 Å². The molecular formula is C24H21N3O2. The van der Waals surface area contributed by atoms with Gasteiger partial charge in [0.05, 0.1) is 6.54 Å². The lowest BCUT2D eigenvalue weighted by Gasteiger charge is -2.18. The highest BCUT2D eigenvalue weighted by Gasteiger charge is 2.20. The van der Waals surface area contributed by atoms with Crippen LogP contribution >= 0.6 is 0 Å². The predicted molar refractivity (Wildman–Crippen MR) is 114 cm³/mol. The number of fused-ring (bicyclic) bond motifs is 1. The minimum absolute atomic E-state index is 0.153. The topological polar surface area (TPSA) is 55.2 Å². The smallest absolute Gasteiger partial charge is 0.265 e. The highest BCUT2D eigenvalue weighted by molar-refractivity contribution is 5.96. The molecule has 0 aliphatic carbocycles. The minimum atomic E-state index is -0.329. The van der Waals surface area contributed by atoms with Gasteiger partial charge in [-0.1, -0.05) is 60.7 Å². The monoisotopic (exact) mass is 383 g/mol. The molecule has 5 heteroatoms. The first-order chi connectivity index (χ1) is 14.1. The zero-order valence-corrected chi connectivity index (χ0v) is 16.2. The molecule has 29 heavy (non-hydrogen) atoms. The summed E-state index contributed by atoms with van der Waals surface area (Å²) in [4.78, 5) is 32.3. The lowest BCUT2D eigenvalue weighted by molar-refractivity contribution is 0.0783. The van der Waals surface area contributed by atoms with Gasteiger partial charge in [-0.25, -0.2) is 4.98 Å². The highest BCUT2D eigenvalue weighted by atomic mass is 16.2. The van der Waals surface area contributed by atoms with Crippen molar-refractivity contribution in [3.05, 3.63) is 112 Å². The first kappa shape index (κ1) is 18.6. The highest BCUT2D eigenvalue weighted by Crippen LogP contribution is 2.15. The minimum Gasteiger partial charge on any atom is -0.337 e. The van der Waals surface area contributed by atoms with Gasteiger partial charge < -0.3 is 4.90 Å². The fraction of sp³-hybridized carbons (Fsp3) is 0.125. The summed E-state index contributed by atoms with van der Waals surface area (Å²) in [6.45, 7) is 0.791. The second-order valence-electron chi connectivity index (χ2n) is 7.00. The van der Waals surface area contributed by atoms with Crippen LogP contribution in [0.15, 0.2) is 89.9 Å². The van der Waals surface area contributed by atoms with Gasteiger partial charge in [-0.2, -0.15) is 0 Å². The van der Waals surface area contributed by atoms with E-state index in [1.807, 2.05) is 72.8 Å². The summed E-state index contributed by atoms with van der Waals surface area (Å²) in [7, 11) is 1.71. The van der Waals surface area contributed by atoms with E-state index in [1.54, 1.807) is 28.8 Å². The fourth-order valence-electron chi connectivity index (χ4n) is 3.41. The van der Waals surface area contributed by atoms with Crippen molar-refractivity contribution in [3.63, 3.8) is 0 Å². The van der Waals surface area contributed by atoms with Crippen LogP contribution in [0.2, 0.25) is 0 Å². The maximum atomic E-state index is 13.3. The van der Waals surface area contributed by atoms with Crippen LogP contribution < -0.4 is 5.56 Å². The number of benzene rings is 2. The van der Waals surface area contributed by atoms with E-state index in [0.29, 0.717) is 18.7 Å². The van der Waals surface area contributed by atoms with E-state index in [-0.39, 0.29) is 17.0 Å². The first-order valence-electron chi connectivity index (χ1n) is 9.45. The molecule has 0 unspecified atom stereocenters. The Bertz CT molecular complexity index is 1200. The summed E-state index contributed by atoms with van der Waals surface area (Å²) in [5.41, 5.74) is 2.38. The van der Waals surface area contributed by atoms with Gasteiger partial charge in [-0.3, -0.25) is 14.2 Å². The quantitative estimate of drug-likeness (QED) is 0.528. The van der Waals surface area contributed by atoms with Gasteiger partial charge in [0.25, 0.3) is 11.5 Å². The second-order valence-corrected chi connectivity index (χ2v) is 7.00. The summed E-state index contributed by atoms with van der Waals surface area (Å²) in [6, 6.07) is 24.7. The van der Waals surface area contributed by atoms with E-state index in [9.17, 15) is 9.59 Å². The summed E-state index contributed by atoms with van der Waals surface area (Å²) in [5, 5.41) is 0.763. The van der Waals surface area contributed by atoms with E-state index in [2.05, 4.69) is 4.98 Å². The molecule has 0 saturated heterocycles. The van der Waals surface area contributed by atoms with Crippen molar-refractivity contribution >= 4 is 16.9 Å². The molecule has 0 aliphatic rings. The maximum absolute atomic E-state index is 13.3. The van der Waals surface area contributed by atoms with E-state index >= 15 is 0 Å². The second kappa shape index (κ2) is 8.10. The Morgan fingerprint density at radius 2 is 1.59 bits per heavy atom. The standard InChI is InChI=1S/C24H21N3O2/c1-26(16-18-9-4-2-5-10-18)23(28)21-15-20-13-8-14-25-22(20)27(24(21)29)17-19-11-6-3-7-12-19/h2-15H,16-17H2,1H3. The summed E-state index contributed by atoms with van der Waals surface area (Å²) < 4.78 is 1.58. The van der Waals surface area contributed by atoms with E-state index in [0.717, 1.165) is 16.5 Å². The van der Waals surface area contributed by atoms with Crippen LogP contribution in [0, 0.1) is 0 Å². The molecule has 4 rings (SSSR count). The average molecular weight is 383 g/mol. The molecule has 0 radical (unpaired) electrons. The third-order valence-electron chi connectivity index (χ3n) is 4.87. The van der Waals surface area contributed by atoms with Crippen LogP contribution in [0.4, 0.5) is 0 Å². The van der Waals surface area contributed by atoms with Gasteiger partial charge in [0.1, 0.15) is 11.2 Å². The van der Waals surface area contributed by atoms with Gasteiger partial charge in [0.2, 0.25) is 0 Å². The molecule has 0 atom stereocenters. The Kier molecular flexibility index (Phi) is 5.20. The molecule has 4 aromatic rings. The molecule has 0 fully saturated rings. The third-order valence-corrected chi connectivity index (χ3v) is 4.87. The van der Waals surface area contributed by atoms with Gasteiger partial charge in [0, 0.05) is 25.2 Å². The molecule has 5 nitrogen and oxygen atoms in total. The number of carbonyl (C=O) groups is 1. The molecule has 0 saturated carbocycles.